The first kappa shape index (κ1) is 23.9. The summed E-state index contributed by atoms with van der Waals surface area (Å²) in [6.07, 6.45) is -2.35. The van der Waals surface area contributed by atoms with Crippen molar-refractivity contribution in [3.8, 4) is 11.5 Å². The summed E-state index contributed by atoms with van der Waals surface area (Å²) >= 11 is 0. The molecule has 2 unspecified atom stereocenters. The van der Waals surface area contributed by atoms with Gasteiger partial charge in [-0.2, -0.15) is 0 Å². The molecule has 2 aliphatic rings. The van der Waals surface area contributed by atoms with Crippen molar-refractivity contribution >= 4 is 16.8 Å². The van der Waals surface area contributed by atoms with Crippen molar-refractivity contribution in [3.05, 3.63) is 47.5 Å². The standard InChI is InChI=1S/C22H23F3N4O5/c1-31-15-8-13-14(9-16(15)32-2)28-20(29-18(13)17-11-27-6-7-33-17)21(34-22(23,24)25)5-3-4-12(10-21)19(26)30/h3-5,8-9,17,27H,6-7,10-11H2,1-2H3,(H2,26,30). The van der Waals surface area contributed by atoms with Gasteiger partial charge in [-0.1, -0.05) is 12.2 Å². The Morgan fingerprint density at radius 1 is 1.24 bits per heavy atom. The lowest BCUT2D eigenvalue weighted by Crippen LogP contribution is -2.40. The first-order chi connectivity index (χ1) is 16.2. The van der Waals surface area contributed by atoms with E-state index in [1.165, 1.54) is 38.5 Å². The molecule has 1 amide bonds. The number of primary amides is 1. The number of halogens is 3. The molecule has 0 radical (unpaired) electrons. The molecular formula is C22H23F3N4O5. The third kappa shape index (κ3) is 4.69. The van der Waals surface area contributed by atoms with Gasteiger partial charge in [-0.25, -0.2) is 9.97 Å². The summed E-state index contributed by atoms with van der Waals surface area (Å²) in [5.41, 5.74) is 3.73. The highest BCUT2D eigenvalue weighted by Crippen LogP contribution is 2.42. The number of amides is 1. The molecule has 1 fully saturated rings. The van der Waals surface area contributed by atoms with Gasteiger partial charge in [0.2, 0.25) is 5.91 Å². The Morgan fingerprint density at radius 3 is 2.59 bits per heavy atom. The molecule has 182 valence electrons. The van der Waals surface area contributed by atoms with E-state index in [1.807, 2.05) is 0 Å². The van der Waals surface area contributed by atoms with E-state index in [0.717, 1.165) is 0 Å². The van der Waals surface area contributed by atoms with Crippen molar-refractivity contribution < 1.29 is 36.9 Å². The Bertz CT molecular complexity index is 1160. The maximum absolute atomic E-state index is 13.6. The number of carbonyl (C=O) groups is 1. The average molecular weight is 480 g/mol. The van der Waals surface area contributed by atoms with Crippen molar-refractivity contribution in [1.29, 1.82) is 0 Å². The number of morpholine rings is 1. The monoisotopic (exact) mass is 480 g/mol. The lowest BCUT2D eigenvalue weighted by molar-refractivity contribution is -0.363. The van der Waals surface area contributed by atoms with Gasteiger partial charge in [0.25, 0.3) is 0 Å². The summed E-state index contributed by atoms with van der Waals surface area (Å²) in [5.74, 6) is -0.436. The number of hydrogen-bond acceptors (Lipinski definition) is 8. The summed E-state index contributed by atoms with van der Waals surface area (Å²) in [5, 5.41) is 3.70. The first-order valence-electron chi connectivity index (χ1n) is 10.4. The fraction of sp³-hybridized carbons (Fsp3) is 0.409. The number of fused-ring (bicyclic) bond motifs is 1. The molecule has 1 aliphatic carbocycles. The van der Waals surface area contributed by atoms with Crippen LogP contribution < -0.4 is 20.5 Å². The Morgan fingerprint density at radius 2 is 1.97 bits per heavy atom. The second-order valence-electron chi connectivity index (χ2n) is 7.75. The molecule has 2 atom stereocenters. The zero-order valence-corrected chi connectivity index (χ0v) is 18.4. The van der Waals surface area contributed by atoms with Gasteiger partial charge in [0.05, 0.1) is 32.0 Å². The van der Waals surface area contributed by atoms with Crippen molar-refractivity contribution in [2.24, 2.45) is 5.73 Å². The molecule has 2 heterocycles. The molecular weight excluding hydrogens is 457 g/mol. The Balaban J connectivity index is 1.96. The second kappa shape index (κ2) is 9.20. The van der Waals surface area contributed by atoms with Gasteiger partial charge in [-0.05, 0) is 12.1 Å². The predicted octanol–water partition coefficient (Wildman–Crippen LogP) is 2.41. The van der Waals surface area contributed by atoms with Crippen molar-refractivity contribution in [3.63, 3.8) is 0 Å². The molecule has 1 aromatic carbocycles. The van der Waals surface area contributed by atoms with Crippen LogP contribution in [0.2, 0.25) is 0 Å². The fourth-order valence-corrected chi connectivity index (χ4v) is 4.02. The van der Waals surface area contributed by atoms with Crippen molar-refractivity contribution in [1.82, 2.24) is 15.3 Å². The largest absolute Gasteiger partial charge is 0.523 e. The Labute approximate surface area is 192 Å². The molecule has 4 rings (SSSR count). The van der Waals surface area contributed by atoms with Crippen LogP contribution in [0.5, 0.6) is 11.5 Å². The van der Waals surface area contributed by atoms with E-state index in [9.17, 15) is 18.0 Å². The van der Waals surface area contributed by atoms with Crippen LogP contribution in [-0.2, 0) is 19.9 Å². The normalized spacial score (nSPS) is 23.0. The van der Waals surface area contributed by atoms with Gasteiger partial charge in [0.1, 0.15) is 6.10 Å². The minimum absolute atomic E-state index is 0.0557. The number of allylic oxidation sites excluding steroid dienone is 2. The topological polar surface area (TPSA) is 118 Å². The lowest BCUT2D eigenvalue weighted by Gasteiger charge is -2.33. The van der Waals surface area contributed by atoms with E-state index >= 15 is 0 Å². The highest BCUT2D eigenvalue weighted by atomic mass is 19.4. The molecule has 12 heteroatoms. The van der Waals surface area contributed by atoms with E-state index in [0.29, 0.717) is 47.8 Å². The van der Waals surface area contributed by atoms with Crippen LogP contribution in [-0.4, -0.2) is 56.2 Å². The number of nitrogens with two attached hydrogens (primary N) is 1. The van der Waals surface area contributed by atoms with Crippen LogP contribution in [0, 0.1) is 0 Å². The number of carbonyl (C=O) groups excluding carboxylic acids is 1. The molecule has 1 saturated heterocycles. The van der Waals surface area contributed by atoms with Gasteiger partial charge in [-0.3, -0.25) is 9.53 Å². The first-order valence-corrected chi connectivity index (χ1v) is 10.4. The van der Waals surface area contributed by atoms with Gasteiger partial charge in [0, 0.05) is 36.5 Å². The van der Waals surface area contributed by atoms with Crippen LogP contribution in [0.4, 0.5) is 13.2 Å². The fourth-order valence-electron chi connectivity index (χ4n) is 4.02. The smallest absolute Gasteiger partial charge is 0.493 e. The lowest BCUT2D eigenvalue weighted by atomic mass is 9.88. The summed E-state index contributed by atoms with van der Waals surface area (Å²) in [4.78, 5) is 20.7. The second-order valence-corrected chi connectivity index (χ2v) is 7.75. The minimum Gasteiger partial charge on any atom is -0.493 e. The zero-order valence-electron chi connectivity index (χ0n) is 18.4. The molecule has 9 nitrogen and oxygen atoms in total. The van der Waals surface area contributed by atoms with E-state index in [-0.39, 0.29) is 11.4 Å². The molecule has 1 aliphatic heterocycles. The molecule has 0 saturated carbocycles. The van der Waals surface area contributed by atoms with Crippen LogP contribution in [0.25, 0.3) is 10.9 Å². The van der Waals surface area contributed by atoms with Crippen LogP contribution >= 0.6 is 0 Å². The van der Waals surface area contributed by atoms with E-state index < -0.39 is 30.4 Å². The predicted molar refractivity (Wildman–Crippen MR) is 114 cm³/mol. The number of aromatic nitrogens is 2. The van der Waals surface area contributed by atoms with Crippen LogP contribution in [0.15, 0.2) is 35.9 Å². The Kier molecular flexibility index (Phi) is 6.47. The molecule has 3 N–H and O–H groups in total. The molecule has 34 heavy (non-hydrogen) atoms. The summed E-state index contributed by atoms with van der Waals surface area (Å²) in [7, 11) is 2.90. The average Bonchev–Trinajstić information content (AvgIpc) is 2.82. The summed E-state index contributed by atoms with van der Waals surface area (Å²) in [6, 6.07) is 3.19. The molecule has 0 spiro atoms. The molecule has 2 aromatic rings. The maximum atomic E-state index is 13.6. The number of nitrogens with one attached hydrogen (secondary N) is 1. The van der Waals surface area contributed by atoms with Crippen molar-refractivity contribution in [2.45, 2.75) is 24.5 Å². The number of alkyl halides is 3. The zero-order chi connectivity index (χ0) is 24.5. The Hall–Kier alpha value is -3.22. The molecule has 0 bridgehead atoms. The van der Waals surface area contributed by atoms with Crippen LogP contribution in [0.3, 0.4) is 0 Å². The quantitative estimate of drug-likeness (QED) is 0.647. The van der Waals surface area contributed by atoms with E-state index in [2.05, 4.69) is 20.0 Å². The number of hydrogen-bond donors (Lipinski definition) is 2. The molecule has 1 aromatic heterocycles. The van der Waals surface area contributed by atoms with Gasteiger partial charge < -0.3 is 25.3 Å². The number of methoxy groups -OCH3 is 2. The highest BCUT2D eigenvalue weighted by Gasteiger charge is 2.47. The van der Waals surface area contributed by atoms with E-state index in [1.54, 1.807) is 6.07 Å². The highest BCUT2D eigenvalue weighted by molar-refractivity contribution is 5.93. The number of ether oxygens (including phenoxy) is 4. The summed E-state index contributed by atoms with van der Waals surface area (Å²) in [6.45, 7) is 1.40. The van der Waals surface area contributed by atoms with E-state index in [4.69, 9.17) is 19.9 Å². The number of rotatable bonds is 6. The maximum Gasteiger partial charge on any atom is 0.523 e. The number of benzene rings is 1. The van der Waals surface area contributed by atoms with Crippen molar-refractivity contribution in [2.75, 3.05) is 33.9 Å². The van der Waals surface area contributed by atoms with Gasteiger partial charge in [0.15, 0.2) is 22.9 Å². The SMILES string of the molecule is COc1cc2nc(C3(OC(F)(F)F)C=CC=C(C(N)=O)C3)nc(C3CNCCO3)c2cc1OC. The van der Waals surface area contributed by atoms with Crippen LogP contribution in [0.1, 0.15) is 24.0 Å². The number of nitrogens with zero attached hydrogens (tertiary/aromatic N) is 2. The third-order valence-corrected chi connectivity index (χ3v) is 5.57. The minimum atomic E-state index is -5.05. The summed E-state index contributed by atoms with van der Waals surface area (Å²) < 4.78 is 61.8. The van der Waals surface area contributed by atoms with Gasteiger partial charge >= 0.3 is 6.36 Å². The third-order valence-electron chi connectivity index (χ3n) is 5.57. The van der Waals surface area contributed by atoms with Gasteiger partial charge in [-0.15, -0.1) is 13.2 Å².